The molecule has 4 rings (SSSR count). The van der Waals surface area contributed by atoms with Gasteiger partial charge in [-0.25, -0.2) is 16.8 Å². The van der Waals surface area contributed by atoms with Crippen LogP contribution in [0.2, 0.25) is 10.0 Å². The lowest BCUT2D eigenvalue weighted by Gasteiger charge is -2.26. The van der Waals surface area contributed by atoms with Crippen LogP contribution in [-0.2, 0) is 24.8 Å². The van der Waals surface area contributed by atoms with Gasteiger partial charge in [0.2, 0.25) is 5.91 Å². The number of aryl methyl sites for hydroxylation is 1. The Balaban J connectivity index is 1.63. The number of nitrogens with zero attached hydrogens (tertiary/aromatic N) is 2. The number of carbonyl (C=O) groups excluding carboxylic acids is 1. The Bertz CT molecular complexity index is 2010. The first-order valence-electron chi connectivity index (χ1n) is 12.9. The standard InChI is InChI=1S/C29H26Cl2N4O8S2/c1-18-7-11-23(16-26(18)35(37)38)45(41,42)34(27-15-20(30)8-14-28(27)43-3)17-29(36)32-21-9-12-22(13-10-21)44(39,40)33-25-6-4-5-24(31)19(25)2/h4-16,33H,17H2,1-3H3,(H,32,36). The molecule has 1 amide bonds. The summed E-state index contributed by atoms with van der Waals surface area (Å²) in [5.74, 6) is -0.750. The van der Waals surface area contributed by atoms with Crippen LogP contribution in [0.25, 0.3) is 0 Å². The first kappa shape index (κ1) is 33.5. The maximum Gasteiger partial charge on any atom is 0.273 e. The molecule has 0 saturated carbocycles. The van der Waals surface area contributed by atoms with Gasteiger partial charge in [0.05, 0.1) is 33.2 Å². The molecule has 0 unspecified atom stereocenters. The van der Waals surface area contributed by atoms with E-state index in [1.807, 2.05) is 0 Å². The molecule has 0 aliphatic rings. The average Bonchev–Trinajstić information content (AvgIpc) is 2.98. The number of nitro groups is 1. The van der Waals surface area contributed by atoms with Gasteiger partial charge in [-0.15, -0.1) is 0 Å². The second kappa shape index (κ2) is 13.3. The van der Waals surface area contributed by atoms with Gasteiger partial charge in [0, 0.05) is 27.4 Å². The predicted molar refractivity (Wildman–Crippen MR) is 172 cm³/mol. The Kier molecular flexibility index (Phi) is 9.92. The molecule has 2 N–H and O–H groups in total. The molecular formula is C29H26Cl2N4O8S2. The molecule has 0 atom stereocenters. The lowest BCUT2D eigenvalue weighted by atomic mass is 10.2. The Labute approximate surface area is 269 Å². The predicted octanol–water partition coefficient (Wildman–Crippen LogP) is 6.16. The third-order valence-electron chi connectivity index (χ3n) is 6.62. The van der Waals surface area contributed by atoms with E-state index in [1.165, 1.54) is 68.6 Å². The number of nitrogens with one attached hydrogen (secondary N) is 2. The van der Waals surface area contributed by atoms with E-state index in [-0.39, 0.29) is 32.6 Å². The van der Waals surface area contributed by atoms with Crippen molar-refractivity contribution in [1.82, 2.24) is 0 Å². The summed E-state index contributed by atoms with van der Waals surface area (Å²) in [5.41, 5.74) is 0.742. The number of anilines is 3. The third kappa shape index (κ3) is 7.48. The van der Waals surface area contributed by atoms with Gasteiger partial charge in [-0.2, -0.15) is 0 Å². The van der Waals surface area contributed by atoms with E-state index < -0.39 is 48.0 Å². The van der Waals surface area contributed by atoms with E-state index in [2.05, 4.69) is 10.0 Å². The molecule has 12 nitrogen and oxygen atoms in total. The molecule has 0 aromatic heterocycles. The molecule has 0 radical (unpaired) electrons. The summed E-state index contributed by atoms with van der Waals surface area (Å²) < 4.78 is 62.2. The Morgan fingerprint density at radius 2 is 1.60 bits per heavy atom. The highest BCUT2D eigenvalue weighted by atomic mass is 35.5. The van der Waals surface area contributed by atoms with E-state index in [0.717, 1.165) is 10.4 Å². The highest BCUT2D eigenvalue weighted by molar-refractivity contribution is 7.93. The summed E-state index contributed by atoms with van der Waals surface area (Å²) >= 11 is 12.2. The zero-order valence-corrected chi connectivity index (χ0v) is 27.1. The number of methoxy groups -OCH3 is 1. The van der Waals surface area contributed by atoms with Crippen molar-refractivity contribution >= 4 is 71.9 Å². The van der Waals surface area contributed by atoms with Gasteiger partial charge in [0.15, 0.2) is 0 Å². The molecule has 0 heterocycles. The highest BCUT2D eigenvalue weighted by Crippen LogP contribution is 2.36. The molecule has 45 heavy (non-hydrogen) atoms. The van der Waals surface area contributed by atoms with Crippen molar-refractivity contribution < 1.29 is 31.3 Å². The Hall–Kier alpha value is -4.37. The van der Waals surface area contributed by atoms with Crippen LogP contribution in [0.4, 0.5) is 22.7 Å². The number of amides is 1. The molecule has 0 fully saturated rings. The summed E-state index contributed by atoms with van der Waals surface area (Å²) in [5, 5.41) is 14.6. The summed E-state index contributed by atoms with van der Waals surface area (Å²) in [6, 6.07) is 17.5. The Morgan fingerprint density at radius 1 is 0.933 bits per heavy atom. The van der Waals surface area contributed by atoms with Gasteiger partial charge in [0.25, 0.3) is 25.7 Å². The van der Waals surface area contributed by atoms with Gasteiger partial charge in [-0.1, -0.05) is 35.3 Å². The minimum atomic E-state index is -4.59. The molecule has 4 aromatic carbocycles. The van der Waals surface area contributed by atoms with E-state index in [9.17, 15) is 31.7 Å². The molecule has 0 aliphatic heterocycles. The average molecular weight is 694 g/mol. The van der Waals surface area contributed by atoms with Crippen LogP contribution in [0.3, 0.4) is 0 Å². The first-order chi connectivity index (χ1) is 21.1. The second-order valence-electron chi connectivity index (χ2n) is 9.62. The fraction of sp³-hybridized carbons (Fsp3) is 0.138. The summed E-state index contributed by atoms with van der Waals surface area (Å²) in [4.78, 5) is 23.5. The molecule has 0 aliphatic carbocycles. The fourth-order valence-electron chi connectivity index (χ4n) is 4.20. The van der Waals surface area contributed by atoms with Crippen LogP contribution in [-0.4, -0.2) is 41.3 Å². The van der Waals surface area contributed by atoms with Crippen molar-refractivity contribution in [3.05, 3.63) is 110 Å². The minimum Gasteiger partial charge on any atom is -0.495 e. The lowest BCUT2D eigenvalue weighted by molar-refractivity contribution is -0.385. The number of benzene rings is 4. The number of hydrogen-bond acceptors (Lipinski definition) is 8. The van der Waals surface area contributed by atoms with Crippen LogP contribution in [0.15, 0.2) is 88.7 Å². The number of rotatable bonds is 11. The molecule has 0 spiro atoms. The van der Waals surface area contributed by atoms with Gasteiger partial charge >= 0.3 is 0 Å². The van der Waals surface area contributed by atoms with Crippen molar-refractivity contribution in [3.8, 4) is 5.75 Å². The SMILES string of the molecule is COc1ccc(Cl)cc1N(CC(=O)Nc1ccc(S(=O)(=O)Nc2cccc(Cl)c2C)cc1)S(=O)(=O)c1ccc(C)c([N+](=O)[O-])c1. The van der Waals surface area contributed by atoms with Crippen LogP contribution < -0.4 is 19.1 Å². The van der Waals surface area contributed by atoms with Crippen LogP contribution in [0.5, 0.6) is 5.75 Å². The van der Waals surface area contributed by atoms with Crippen molar-refractivity contribution in [2.45, 2.75) is 23.6 Å². The Morgan fingerprint density at radius 3 is 2.24 bits per heavy atom. The quantitative estimate of drug-likeness (QED) is 0.139. The number of nitro benzene ring substituents is 1. The maximum atomic E-state index is 13.9. The number of hydrogen-bond donors (Lipinski definition) is 2. The summed E-state index contributed by atoms with van der Waals surface area (Å²) in [6.45, 7) is 2.34. The molecule has 16 heteroatoms. The normalized spacial score (nSPS) is 11.5. The number of carbonyl (C=O) groups is 1. The highest BCUT2D eigenvalue weighted by Gasteiger charge is 2.31. The first-order valence-corrected chi connectivity index (χ1v) is 16.6. The van der Waals surface area contributed by atoms with Crippen molar-refractivity contribution in [1.29, 1.82) is 0 Å². The summed E-state index contributed by atoms with van der Waals surface area (Å²) in [7, 11) is -7.31. The fourth-order valence-corrected chi connectivity index (χ4v) is 7.11. The van der Waals surface area contributed by atoms with E-state index in [1.54, 1.807) is 25.1 Å². The number of ether oxygens (including phenoxy) is 1. The van der Waals surface area contributed by atoms with Crippen molar-refractivity contribution in [2.75, 3.05) is 28.0 Å². The molecular weight excluding hydrogens is 667 g/mol. The largest absolute Gasteiger partial charge is 0.495 e. The summed E-state index contributed by atoms with van der Waals surface area (Å²) in [6.07, 6.45) is 0. The zero-order valence-electron chi connectivity index (χ0n) is 23.9. The smallest absolute Gasteiger partial charge is 0.273 e. The number of sulfonamides is 2. The molecule has 236 valence electrons. The minimum absolute atomic E-state index is 0.0642. The lowest BCUT2D eigenvalue weighted by Crippen LogP contribution is -2.38. The van der Waals surface area contributed by atoms with Crippen LogP contribution in [0.1, 0.15) is 11.1 Å². The second-order valence-corrected chi connectivity index (χ2v) is 14.0. The van der Waals surface area contributed by atoms with Crippen molar-refractivity contribution in [3.63, 3.8) is 0 Å². The van der Waals surface area contributed by atoms with Crippen LogP contribution in [0, 0.1) is 24.0 Å². The van der Waals surface area contributed by atoms with Gasteiger partial charge in [0.1, 0.15) is 12.3 Å². The zero-order chi connectivity index (χ0) is 33.1. The van der Waals surface area contributed by atoms with E-state index in [4.69, 9.17) is 27.9 Å². The molecule has 4 aromatic rings. The third-order valence-corrected chi connectivity index (χ3v) is 10.4. The van der Waals surface area contributed by atoms with E-state index in [0.29, 0.717) is 16.3 Å². The number of halogens is 2. The van der Waals surface area contributed by atoms with E-state index >= 15 is 0 Å². The maximum absolute atomic E-state index is 13.9. The molecule has 0 bridgehead atoms. The van der Waals surface area contributed by atoms with Gasteiger partial charge < -0.3 is 10.1 Å². The van der Waals surface area contributed by atoms with Crippen molar-refractivity contribution in [2.24, 2.45) is 0 Å². The van der Waals surface area contributed by atoms with Gasteiger partial charge in [-0.3, -0.25) is 23.9 Å². The topological polar surface area (TPSA) is 165 Å². The van der Waals surface area contributed by atoms with Crippen LogP contribution >= 0.6 is 23.2 Å². The molecule has 0 saturated heterocycles. The van der Waals surface area contributed by atoms with Gasteiger partial charge in [-0.05, 0) is 80.1 Å². The monoisotopic (exact) mass is 692 g/mol.